The number of hydrogen-bond acceptors (Lipinski definition) is 2. The Morgan fingerprint density at radius 1 is 1.36 bits per heavy atom. The van der Waals surface area contributed by atoms with Crippen LogP contribution in [0, 0.1) is 5.41 Å². The van der Waals surface area contributed by atoms with Gasteiger partial charge in [-0.1, -0.05) is 0 Å². The first kappa shape index (κ1) is 8.49. The van der Waals surface area contributed by atoms with Gasteiger partial charge in [-0.3, -0.25) is 11.1 Å². The molecule has 1 aliphatic heterocycles. The first-order valence-corrected chi connectivity index (χ1v) is 3.89. The third-order valence-electron chi connectivity index (χ3n) is 1.75. The molecule has 0 atom stereocenters. The summed E-state index contributed by atoms with van der Waals surface area (Å²) in [6, 6.07) is 0. The number of amidine groups is 1. The first-order chi connectivity index (χ1) is 5.34. The Balaban J connectivity index is 2.27. The zero-order chi connectivity index (χ0) is 8.10. The molecule has 0 aromatic heterocycles. The van der Waals surface area contributed by atoms with Crippen LogP contribution in [0.5, 0.6) is 0 Å². The molecule has 2 N–H and O–H groups in total. The minimum atomic E-state index is 0.316. The molecule has 0 aliphatic carbocycles. The molecule has 4 heteroatoms. The number of morpholine rings is 1. The van der Waals surface area contributed by atoms with Crippen LogP contribution in [0.25, 0.3) is 0 Å². The Labute approximate surface area is 66.8 Å². The molecule has 1 rings (SSSR count). The molecule has 0 amide bonds. The maximum atomic E-state index is 7.53. The standard InChI is InChI=1S/C7H14N3O/c8-2-1-7(9)10-3-5-11-6-4-10/h8-9H,1-6H2. The number of hydrogen-bond donors (Lipinski definition) is 1. The van der Waals surface area contributed by atoms with Gasteiger partial charge in [-0.05, 0) is 0 Å². The third kappa shape index (κ3) is 2.48. The fourth-order valence-corrected chi connectivity index (χ4v) is 1.11. The van der Waals surface area contributed by atoms with Crippen LogP contribution < -0.4 is 5.73 Å². The molecule has 0 aromatic carbocycles. The quantitative estimate of drug-likeness (QED) is 0.451. The van der Waals surface area contributed by atoms with Crippen LogP contribution >= 0.6 is 0 Å². The van der Waals surface area contributed by atoms with Crippen molar-refractivity contribution in [2.75, 3.05) is 32.8 Å². The summed E-state index contributed by atoms with van der Waals surface area (Å²) in [5.74, 6) is 0.586. The van der Waals surface area contributed by atoms with E-state index in [1.165, 1.54) is 0 Å². The largest absolute Gasteiger partial charge is 0.378 e. The lowest BCUT2D eigenvalue weighted by Gasteiger charge is -2.28. The summed E-state index contributed by atoms with van der Waals surface area (Å²) in [4.78, 5) is 1.98. The fourth-order valence-electron chi connectivity index (χ4n) is 1.11. The molecular weight excluding hydrogens is 142 g/mol. The molecule has 0 bridgehead atoms. The average Bonchev–Trinajstić information content (AvgIpc) is 2.07. The van der Waals surface area contributed by atoms with Gasteiger partial charge in [0.1, 0.15) is 0 Å². The molecule has 0 spiro atoms. The van der Waals surface area contributed by atoms with Crippen molar-refractivity contribution < 1.29 is 4.74 Å². The summed E-state index contributed by atoms with van der Waals surface area (Å²) in [6.45, 7) is 3.40. The summed E-state index contributed by atoms with van der Waals surface area (Å²) in [7, 11) is 0. The Kier molecular flexibility index (Phi) is 3.32. The van der Waals surface area contributed by atoms with Crippen molar-refractivity contribution in [3.8, 4) is 0 Å². The van der Waals surface area contributed by atoms with Crippen molar-refractivity contribution in [3.05, 3.63) is 0 Å². The Bertz CT molecular complexity index is 132. The highest BCUT2D eigenvalue weighted by atomic mass is 16.5. The number of rotatable bonds is 2. The van der Waals surface area contributed by atoms with Crippen LogP contribution in [0.15, 0.2) is 0 Å². The topological polar surface area (TPSA) is 60.1 Å². The molecule has 4 nitrogen and oxygen atoms in total. The van der Waals surface area contributed by atoms with Crippen molar-refractivity contribution in [1.82, 2.24) is 10.6 Å². The van der Waals surface area contributed by atoms with Gasteiger partial charge in [-0.25, -0.2) is 0 Å². The fraction of sp³-hybridized carbons (Fsp3) is 0.857. The Morgan fingerprint density at radius 3 is 2.55 bits per heavy atom. The van der Waals surface area contributed by atoms with Crippen LogP contribution in [0.2, 0.25) is 0 Å². The Hall–Kier alpha value is -0.610. The molecular formula is C7H14N3O. The van der Waals surface area contributed by atoms with E-state index < -0.39 is 0 Å². The lowest BCUT2D eigenvalue weighted by Crippen LogP contribution is -2.40. The minimum Gasteiger partial charge on any atom is -0.378 e. The van der Waals surface area contributed by atoms with Crippen molar-refractivity contribution in [3.63, 3.8) is 0 Å². The van der Waals surface area contributed by atoms with E-state index in [-0.39, 0.29) is 0 Å². The predicted octanol–water partition coefficient (Wildman–Crippen LogP) is -0.0311. The highest BCUT2D eigenvalue weighted by molar-refractivity contribution is 5.79. The van der Waals surface area contributed by atoms with Crippen LogP contribution in [-0.4, -0.2) is 43.6 Å². The summed E-state index contributed by atoms with van der Waals surface area (Å²) in [5.41, 5.74) is 6.95. The normalized spacial score (nSPS) is 18.5. The summed E-state index contributed by atoms with van der Waals surface area (Å²) in [5, 5.41) is 7.53. The van der Waals surface area contributed by atoms with E-state index in [0.717, 1.165) is 26.3 Å². The second kappa shape index (κ2) is 4.31. The van der Waals surface area contributed by atoms with Gasteiger partial charge in [0.25, 0.3) is 0 Å². The third-order valence-corrected chi connectivity index (χ3v) is 1.75. The van der Waals surface area contributed by atoms with E-state index in [1.54, 1.807) is 0 Å². The van der Waals surface area contributed by atoms with Gasteiger partial charge in [-0.15, -0.1) is 0 Å². The lowest BCUT2D eigenvalue weighted by atomic mass is 10.3. The van der Waals surface area contributed by atoms with E-state index in [0.29, 0.717) is 18.8 Å². The number of ether oxygens (including phenoxy) is 1. The van der Waals surface area contributed by atoms with E-state index in [1.807, 2.05) is 4.90 Å². The van der Waals surface area contributed by atoms with Crippen LogP contribution in [0.1, 0.15) is 6.42 Å². The minimum absolute atomic E-state index is 0.316. The highest BCUT2D eigenvalue weighted by Crippen LogP contribution is 1.99. The molecule has 1 fully saturated rings. The van der Waals surface area contributed by atoms with Gasteiger partial charge in [0.15, 0.2) is 0 Å². The zero-order valence-electron chi connectivity index (χ0n) is 6.60. The van der Waals surface area contributed by atoms with E-state index >= 15 is 0 Å². The van der Waals surface area contributed by atoms with Crippen molar-refractivity contribution >= 4 is 5.84 Å². The number of nitrogens with zero attached hydrogens (tertiary/aromatic N) is 1. The first-order valence-electron chi connectivity index (χ1n) is 3.89. The Morgan fingerprint density at radius 2 is 2.00 bits per heavy atom. The SMILES string of the molecule is [NH]CCC(=N)N1CCOCC1. The second-order valence-electron chi connectivity index (χ2n) is 2.55. The summed E-state index contributed by atoms with van der Waals surface area (Å²) >= 11 is 0. The van der Waals surface area contributed by atoms with Gasteiger partial charge >= 0.3 is 0 Å². The summed E-state index contributed by atoms with van der Waals surface area (Å²) < 4.78 is 5.14. The molecule has 0 saturated carbocycles. The summed E-state index contributed by atoms with van der Waals surface area (Å²) in [6.07, 6.45) is 0.569. The number of nitrogens with one attached hydrogen (secondary N) is 2. The average molecular weight is 156 g/mol. The van der Waals surface area contributed by atoms with E-state index in [9.17, 15) is 0 Å². The zero-order valence-corrected chi connectivity index (χ0v) is 6.60. The van der Waals surface area contributed by atoms with Gasteiger partial charge in [-0.2, -0.15) is 0 Å². The molecule has 1 saturated heterocycles. The second-order valence-corrected chi connectivity index (χ2v) is 2.55. The maximum Gasteiger partial charge on any atom is 0.0972 e. The van der Waals surface area contributed by atoms with Gasteiger partial charge in [0.05, 0.1) is 19.0 Å². The monoisotopic (exact) mass is 156 g/mol. The van der Waals surface area contributed by atoms with Crippen LogP contribution in [0.3, 0.4) is 0 Å². The lowest BCUT2D eigenvalue weighted by molar-refractivity contribution is 0.0669. The van der Waals surface area contributed by atoms with Crippen molar-refractivity contribution in [2.24, 2.45) is 0 Å². The molecule has 1 heterocycles. The van der Waals surface area contributed by atoms with Crippen LogP contribution in [-0.2, 0) is 4.74 Å². The predicted molar refractivity (Wildman–Crippen MR) is 42.7 cm³/mol. The van der Waals surface area contributed by atoms with Gasteiger partial charge in [0.2, 0.25) is 0 Å². The smallest absolute Gasteiger partial charge is 0.0972 e. The molecule has 0 aromatic rings. The van der Waals surface area contributed by atoms with E-state index in [2.05, 4.69) is 0 Å². The van der Waals surface area contributed by atoms with Crippen LogP contribution in [0.4, 0.5) is 0 Å². The molecule has 11 heavy (non-hydrogen) atoms. The van der Waals surface area contributed by atoms with E-state index in [4.69, 9.17) is 15.9 Å². The van der Waals surface area contributed by atoms with Crippen molar-refractivity contribution in [1.29, 1.82) is 5.41 Å². The highest BCUT2D eigenvalue weighted by Gasteiger charge is 2.12. The maximum absolute atomic E-state index is 7.53. The molecule has 1 radical (unpaired) electrons. The van der Waals surface area contributed by atoms with Gasteiger partial charge < -0.3 is 9.64 Å². The van der Waals surface area contributed by atoms with Crippen molar-refractivity contribution in [2.45, 2.75) is 6.42 Å². The van der Waals surface area contributed by atoms with Gasteiger partial charge in [0, 0.05) is 26.1 Å². The molecule has 63 valence electrons. The molecule has 0 unspecified atom stereocenters. The molecule has 1 aliphatic rings.